The van der Waals surface area contributed by atoms with Crippen LogP contribution in [0.25, 0.3) is 39.2 Å². The molecule has 134 valence electrons. The Kier molecular flexibility index (Phi) is 4.02. The molecule has 0 fully saturated rings. The summed E-state index contributed by atoms with van der Waals surface area (Å²) in [5.41, 5.74) is 9.11. The highest BCUT2D eigenvalue weighted by atomic mass is 15.0. The first kappa shape index (κ1) is 16.5. The van der Waals surface area contributed by atoms with E-state index in [2.05, 4.69) is 103 Å². The van der Waals surface area contributed by atoms with Gasteiger partial charge in [0.05, 0.1) is 5.69 Å². The number of benzene rings is 3. The van der Waals surface area contributed by atoms with Crippen LogP contribution < -0.4 is 0 Å². The maximum atomic E-state index is 4.98. The van der Waals surface area contributed by atoms with Crippen LogP contribution in [-0.2, 0) is 0 Å². The molecule has 0 atom stereocenters. The van der Waals surface area contributed by atoms with E-state index in [-0.39, 0.29) is 0 Å². The summed E-state index contributed by atoms with van der Waals surface area (Å²) in [7, 11) is 0. The summed E-state index contributed by atoms with van der Waals surface area (Å²) in [6.07, 6.45) is 4.31. The third-order valence-electron chi connectivity index (χ3n) is 5.16. The van der Waals surface area contributed by atoms with Crippen molar-refractivity contribution < 1.29 is 0 Å². The topological polar surface area (TPSA) is 17.3 Å². The minimum atomic E-state index is 0.974. The average Bonchev–Trinajstić information content (AvgIpc) is 3.19. The van der Waals surface area contributed by atoms with E-state index in [0.717, 1.165) is 22.5 Å². The number of aromatic nitrogens is 2. The smallest absolute Gasteiger partial charge is 0.145 e. The van der Waals surface area contributed by atoms with Crippen molar-refractivity contribution in [2.24, 2.45) is 0 Å². The van der Waals surface area contributed by atoms with Gasteiger partial charge in [-0.1, -0.05) is 84.9 Å². The van der Waals surface area contributed by atoms with Gasteiger partial charge in [0.25, 0.3) is 0 Å². The lowest BCUT2D eigenvalue weighted by Gasteiger charge is -2.11. The van der Waals surface area contributed by atoms with Gasteiger partial charge in [-0.2, -0.15) is 0 Å². The molecular formula is C26H20N2. The van der Waals surface area contributed by atoms with E-state index in [1.54, 1.807) is 0 Å². The van der Waals surface area contributed by atoms with Crippen LogP contribution in [0, 0.1) is 6.92 Å². The van der Waals surface area contributed by atoms with Crippen molar-refractivity contribution in [1.82, 2.24) is 9.38 Å². The number of pyridine rings is 1. The summed E-state index contributed by atoms with van der Waals surface area (Å²) in [5.74, 6) is 0. The molecule has 0 saturated heterocycles. The van der Waals surface area contributed by atoms with Crippen LogP contribution in [0.4, 0.5) is 0 Å². The molecule has 5 aromatic rings. The first-order valence-electron chi connectivity index (χ1n) is 9.49. The van der Waals surface area contributed by atoms with Gasteiger partial charge in [0.15, 0.2) is 0 Å². The summed E-state index contributed by atoms with van der Waals surface area (Å²) >= 11 is 0. The Morgan fingerprint density at radius 1 is 0.607 bits per heavy atom. The van der Waals surface area contributed by atoms with Gasteiger partial charge in [-0.15, -0.1) is 0 Å². The Hall–Kier alpha value is -3.65. The van der Waals surface area contributed by atoms with E-state index >= 15 is 0 Å². The maximum Gasteiger partial charge on any atom is 0.145 e. The largest absolute Gasteiger partial charge is 0.305 e. The first-order chi connectivity index (χ1) is 13.8. The molecule has 0 amide bonds. The number of nitrogens with zero attached hydrogens (tertiary/aromatic N) is 2. The standard InChI is InChI=1S/C26H20N2/c1-19-10-8-9-15-23(19)22-16-24(20-11-4-2-5-12-20)26-27-25(18-28(26)17-22)21-13-6-3-7-14-21/h2-18H,1H3. The molecule has 3 aromatic carbocycles. The van der Waals surface area contributed by atoms with E-state index < -0.39 is 0 Å². The molecule has 0 radical (unpaired) electrons. The number of aryl methyl sites for hydroxylation is 1. The molecule has 2 heteroatoms. The van der Waals surface area contributed by atoms with Crippen molar-refractivity contribution in [3.63, 3.8) is 0 Å². The Labute approximate surface area is 164 Å². The number of fused-ring (bicyclic) bond motifs is 1. The second kappa shape index (κ2) is 6.82. The van der Waals surface area contributed by atoms with Gasteiger partial charge >= 0.3 is 0 Å². The molecule has 0 saturated carbocycles. The highest BCUT2D eigenvalue weighted by molar-refractivity contribution is 5.84. The summed E-state index contributed by atoms with van der Waals surface area (Å²) in [6, 6.07) is 31.6. The van der Waals surface area contributed by atoms with Crippen molar-refractivity contribution in [2.75, 3.05) is 0 Å². The fraction of sp³-hybridized carbons (Fsp3) is 0.0385. The molecule has 0 aliphatic heterocycles. The molecule has 0 aliphatic rings. The maximum absolute atomic E-state index is 4.98. The van der Waals surface area contributed by atoms with Crippen LogP contribution in [-0.4, -0.2) is 9.38 Å². The molecule has 0 aliphatic carbocycles. The lowest BCUT2D eigenvalue weighted by atomic mass is 9.98. The normalized spacial score (nSPS) is 11.0. The number of imidazole rings is 1. The van der Waals surface area contributed by atoms with Crippen molar-refractivity contribution >= 4 is 5.65 Å². The first-order valence-corrected chi connectivity index (χ1v) is 9.49. The molecule has 0 spiro atoms. The second-order valence-corrected chi connectivity index (χ2v) is 7.05. The van der Waals surface area contributed by atoms with Crippen LogP contribution in [0.3, 0.4) is 0 Å². The Morgan fingerprint density at radius 3 is 1.96 bits per heavy atom. The van der Waals surface area contributed by atoms with Crippen LogP contribution in [0.15, 0.2) is 103 Å². The van der Waals surface area contributed by atoms with Crippen molar-refractivity contribution in [1.29, 1.82) is 0 Å². The SMILES string of the molecule is Cc1ccccc1-c1cc(-c2ccccc2)c2nc(-c3ccccc3)cn2c1. The van der Waals surface area contributed by atoms with Gasteiger partial charge in [-0.05, 0) is 35.2 Å². The number of hydrogen-bond donors (Lipinski definition) is 0. The predicted molar refractivity (Wildman–Crippen MR) is 116 cm³/mol. The van der Waals surface area contributed by atoms with E-state index in [9.17, 15) is 0 Å². The van der Waals surface area contributed by atoms with Crippen LogP contribution in [0.5, 0.6) is 0 Å². The third kappa shape index (κ3) is 2.89. The summed E-state index contributed by atoms with van der Waals surface area (Å²) in [6.45, 7) is 2.16. The van der Waals surface area contributed by atoms with Gasteiger partial charge in [0.1, 0.15) is 5.65 Å². The molecule has 2 nitrogen and oxygen atoms in total. The predicted octanol–water partition coefficient (Wildman–Crippen LogP) is 6.64. The second-order valence-electron chi connectivity index (χ2n) is 7.05. The minimum Gasteiger partial charge on any atom is -0.305 e. The van der Waals surface area contributed by atoms with Gasteiger partial charge < -0.3 is 4.40 Å². The quantitative estimate of drug-likeness (QED) is 0.352. The third-order valence-corrected chi connectivity index (χ3v) is 5.16. The van der Waals surface area contributed by atoms with E-state index in [1.165, 1.54) is 22.3 Å². The van der Waals surface area contributed by atoms with Gasteiger partial charge in [-0.25, -0.2) is 4.98 Å². The average molecular weight is 360 g/mol. The monoisotopic (exact) mass is 360 g/mol. The lowest BCUT2D eigenvalue weighted by molar-refractivity contribution is 1.19. The van der Waals surface area contributed by atoms with Crippen LogP contribution in [0.2, 0.25) is 0 Å². The van der Waals surface area contributed by atoms with Gasteiger partial charge in [0.2, 0.25) is 0 Å². The Balaban J connectivity index is 1.79. The Morgan fingerprint density at radius 2 is 1.25 bits per heavy atom. The fourth-order valence-corrected chi connectivity index (χ4v) is 3.72. The molecule has 2 heterocycles. The highest BCUT2D eigenvalue weighted by Gasteiger charge is 2.13. The molecule has 0 unspecified atom stereocenters. The molecule has 0 N–H and O–H groups in total. The van der Waals surface area contributed by atoms with Crippen molar-refractivity contribution in [2.45, 2.75) is 6.92 Å². The lowest BCUT2D eigenvalue weighted by Crippen LogP contribution is -1.92. The summed E-state index contributed by atoms with van der Waals surface area (Å²) in [4.78, 5) is 4.98. The molecule has 0 bridgehead atoms. The Bertz CT molecular complexity index is 1250. The zero-order chi connectivity index (χ0) is 18.9. The zero-order valence-electron chi connectivity index (χ0n) is 15.7. The van der Waals surface area contributed by atoms with Gasteiger partial charge in [0, 0.05) is 23.5 Å². The number of rotatable bonds is 3. The zero-order valence-corrected chi connectivity index (χ0v) is 15.7. The van der Waals surface area contributed by atoms with Crippen LogP contribution in [0.1, 0.15) is 5.56 Å². The van der Waals surface area contributed by atoms with Crippen molar-refractivity contribution in [3.05, 3.63) is 109 Å². The minimum absolute atomic E-state index is 0.974. The molecule has 5 rings (SSSR count). The van der Waals surface area contributed by atoms with Crippen LogP contribution >= 0.6 is 0 Å². The molecular weight excluding hydrogens is 340 g/mol. The fourth-order valence-electron chi connectivity index (χ4n) is 3.72. The summed E-state index contributed by atoms with van der Waals surface area (Å²) < 4.78 is 2.16. The van der Waals surface area contributed by atoms with Crippen molar-refractivity contribution in [3.8, 4) is 33.5 Å². The highest BCUT2D eigenvalue weighted by Crippen LogP contribution is 2.32. The summed E-state index contributed by atoms with van der Waals surface area (Å²) in [5, 5.41) is 0. The van der Waals surface area contributed by atoms with E-state index in [1.807, 2.05) is 12.1 Å². The van der Waals surface area contributed by atoms with E-state index in [0.29, 0.717) is 0 Å². The molecule has 28 heavy (non-hydrogen) atoms. The number of hydrogen-bond acceptors (Lipinski definition) is 1. The van der Waals surface area contributed by atoms with E-state index in [4.69, 9.17) is 4.98 Å². The molecule has 2 aromatic heterocycles. The van der Waals surface area contributed by atoms with Gasteiger partial charge in [-0.3, -0.25) is 0 Å².